The van der Waals surface area contributed by atoms with E-state index in [0.717, 1.165) is 22.2 Å². The van der Waals surface area contributed by atoms with Crippen LogP contribution in [0.5, 0.6) is 0 Å². The number of fused-ring (bicyclic) bond motifs is 1. The lowest BCUT2D eigenvalue weighted by Crippen LogP contribution is -2.47. The summed E-state index contributed by atoms with van der Waals surface area (Å²) in [4.78, 5) is 44.1. The Morgan fingerprint density at radius 1 is 1.07 bits per heavy atom. The highest BCUT2D eigenvalue weighted by atomic mass is 16.2. The van der Waals surface area contributed by atoms with Crippen LogP contribution in [0.4, 0.5) is 0 Å². The van der Waals surface area contributed by atoms with Crippen LogP contribution >= 0.6 is 0 Å². The molecule has 0 saturated heterocycles. The quantitative estimate of drug-likeness (QED) is 0.408. The Morgan fingerprint density at radius 2 is 1.80 bits per heavy atom. The second-order valence-corrected chi connectivity index (χ2v) is 6.81. The van der Waals surface area contributed by atoms with E-state index in [0.29, 0.717) is 0 Å². The average molecular weight is 401 g/mol. The van der Waals surface area contributed by atoms with Gasteiger partial charge >= 0.3 is 0 Å². The molecule has 1 unspecified atom stereocenters. The van der Waals surface area contributed by atoms with Crippen molar-refractivity contribution in [3.63, 3.8) is 0 Å². The third kappa shape index (κ3) is 3.70. The van der Waals surface area contributed by atoms with Crippen molar-refractivity contribution in [2.45, 2.75) is 12.5 Å². The van der Waals surface area contributed by atoms with Crippen LogP contribution in [0, 0.1) is 0 Å². The SMILES string of the molecule is NC(=O)C(=O)C(Cc1ccccc1)NC(=O)c1cncn1-c1c[nH]c2ccccc12. The molecule has 150 valence electrons. The molecule has 2 aromatic heterocycles. The van der Waals surface area contributed by atoms with Crippen molar-refractivity contribution in [2.75, 3.05) is 0 Å². The molecular weight excluding hydrogens is 382 g/mol. The zero-order chi connectivity index (χ0) is 21.1. The number of hydrogen-bond donors (Lipinski definition) is 3. The summed E-state index contributed by atoms with van der Waals surface area (Å²) >= 11 is 0. The van der Waals surface area contributed by atoms with Crippen LogP contribution in [-0.4, -0.2) is 38.2 Å². The number of nitrogens with zero attached hydrogens (tertiary/aromatic N) is 2. The number of rotatable bonds is 7. The van der Waals surface area contributed by atoms with Crippen molar-refractivity contribution in [1.82, 2.24) is 19.9 Å². The van der Waals surface area contributed by atoms with Gasteiger partial charge in [0.05, 0.1) is 18.2 Å². The van der Waals surface area contributed by atoms with Crippen molar-refractivity contribution in [2.24, 2.45) is 5.73 Å². The minimum atomic E-state index is -1.10. The number of benzene rings is 2. The van der Waals surface area contributed by atoms with Crippen LogP contribution in [0.25, 0.3) is 16.6 Å². The Balaban J connectivity index is 1.63. The number of carbonyl (C=O) groups is 3. The summed E-state index contributed by atoms with van der Waals surface area (Å²) in [5, 5.41) is 3.55. The Hall–Kier alpha value is -4.20. The van der Waals surface area contributed by atoms with E-state index in [-0.39, 0.29) is 12.1 Å². The van der Waals surface area contributed by atoms with Gasteiger partial charge in [-0.05, 0) is 11.6 Å². The number of carbonyl (C=O) groups excluding carboxylic acids is 3. The second-order valence-electron chi connectivity index (χ2n) is 6.81. The van der Waals surface area contributed by atoms with Gasteiger partial charge in [-0.2, -0.15) is 0 Å². The predicted molar refractivity (Wildman–Crippen MR) is 111 cm³/mol. The number of nitrogens with two attached hydrogens (primary N) is 1. The maximum atomic E-state index is 13.0. The highest BCUT2D eigenvalue weighted by Crippen LogP contribution is 2.23. The molecule has 30 heavy (non-hydrogen) atoms. The summed E-state index contributed by atoms with van der Waals surface area (Å²) in [6.07, 6.45) is 4.85. The number of aromatic nitrogens is 3. The summed E-state index contributed by atoms with van der Waals surface area (Å²) in [5.41, 5.74) is 7.88. The first-order chi connectivity index (χ1) is 14.5. The van der Waals surface area contributed by atoms with E-state index in [1.807, 2.05) is 54.6 Å². The van der Waals surface area contributed by atoms with Gasteiger partial charge in [0, 0.05) is 23.5 Å². The Labute approximate surface area is 171 Å². The summed E-state index contributed by atoms with van der Waals surface area (Å²) < 4.78 is 1.63. The fourth-order valence-corrected chi connectivity index (χ4v) is 3.37. The van der Waals surface area contributed by atoms with Gasteiger partial charge < -0.3 is 16.0 Å². The fraction of sp³-hybridized carbons (Fsp3) is 0.0909. The second kappa shape index (κ2) is 8.04. The predicted octanol–water partition coefficient (Wildman–Crippen LogP) is 1.75. The largest absolute Gasteiger partial charge is 0.363 e. The molecule has 0 saturated carbocycles. The average Bonchev–Trinajstić information content (AvgIpc) is 3.40. The highest BCUT2D eigenvalue weighted by molar-refractivity contribution is 6.38. The number of para-hydroxylation sites is 1. The van der Waals surface area contributed by atoms with Crippen molar-refractivity contribution in [3.05, 3.63) is 84.6 Å². The number of ketones is 1. The summed E-state index contributed by atoms with van der Waals surface area (Å²) in [6, 6.07) is 15.7. The number of H-pyrrole nitrogens is 1. The van der Waals surface area contributed by atoms with Gasteiger partial charge in [-0.15, -0.1) is 0 Å². The molecule has 8 nitrogen and oxygen atoms in total. The molecule has 0 aliphatic rings. The van der Waals surface area contributed by atoms with E-state index < -0.39 is 23.6 Å². The number of Topliss-reactive ketones (excluding diaryl/α,β-unsaturated/α-hetero) is 1. The van der Waals surface area contributed by atoms with Crippen LogP contribution in [0.3, 0.4) is 0 Å². The van der Waals surface area contributed by atoms with Gasteiger partial charge in [0.15, 0.2) is 0 Å². The van der Waals surface area contributed by atoms with Crippen molar-refractivity contribution >= 4 is 28.5 Å². The molecule has 0 spiro atoms. The lowest BCUT2D eigenvalue weighted by Gasteiger charge is -2.17. The van der Waals surface area contributed by atoms with Crippen molar-refractivity contribution in [3.8, 4) is 5.69 Å². The van der Waals surface area contributed by atoms with E-state index >= 15 is 0 Å². The maximum Gasteiger partial charge on any atom is 0.287 e. The smallest absolute Gasteiger partial charge is 0.287 e. The van der Waals surface area contributed by atoms with E-state index in [1.165, 1.54) is 12.5 Å². The summed E-state index contributed by atoms with van der Waals surface area (Å²) in [6.45, 7) is 0. The standard InChI is InChI=1S/C22H19N5O3/c23-21(29)20(28)17(10-14-6-2-1-3-7-14)26-22(30)19-11-24-13-27(19)18-12-25-16-9-5-4-8-15(16)18/h1-9,11-13,17,25H,10H2,(H2,23,29)(H,26,30). The van der Waals surface area contributed by atoms with Gasteiger partial charge in [-0.25, -0.2) is 4.98 Å². The molecule has 2 amide bonds. The lowest BCUT2D eigenvalue weighted by molar-refractivity contribution is -0.137. The van der Waals surface area contributed by atoms with Crippen LogP contribution < -0.4 is 11.1 Å². The van der Waals surface area contributed by atoms with E-state index in [4.69, 9.17) is 5.73 Å². The minimum absolute atomic E-state index is 0.148. The fourth-order valence-electron chi connectivity index (χ4n) is 3.37. The van der Waals surface area contributed by atoms with Crippen LogP contribution in [0.15, 0.2) is 73.3 Å². The van der Waals surface area contributed by atoms with Gasteiger partial charge in [0.2, 0.25) is 5.78 Å². The number of nitrogens with one attached hydrogen (secondary N) is 2. The number of amides is 2. The lowest BCUT2D eigenvalue weighted by atomic mass is 10.0. The molecule has 4 rings (SSSR count). The molecule has 4 N–H and O–H groups in total. The molecule has 0 bridgehead atoms. The van der Waals surface area contributed by atoms with Crippen LogP contribution in [-0.2, 0) is 16.0 Å². The molecule has 1 atom stereocenters. The molecule has 0 aliphatic heterocycles. The highest BCUT2D eigenvalue weighted by Gasteiger charge is 2.27. The molecule has 4 aromatic rings. The zero-order valence-electron chi connectivity index (χ0n) is 15.9. The van der Waals surface area contributed by atoms with Gasteiger partial charge in [0.25, 0.3) is 11.8 Å². The molecule has 0 fully saturated rings. The maximum absolute atomic E-state index is 13.0. The molecule has 0 aliphatic carbocycles. The van der Waals surface area contributed by atoms with Crippen LogP contribution in [0.1, 0.15) is 16.1 Å². The first kappa shape index (κ1) is 19.1. The molecule has 2 aromatic carbocycles. The summed E-state index contributed by atoms with van der Waals surface area (Å²) in [5.74, 6) is -2.49. The van der Waals surface area contributed by atoms with Gasteiger partial charge in [-0.3, -0.25) is 19.0 Å². The molecular formula is C22H19N5O3. The Bertz CT molecular complexity index is 1230. The van der Waals surface area contributed by atoms with Crippen molar-refractivity contribution < 1.29 is 14.4 Å². The number of primary amides is 1. The van der Waals surface area contributed by atoms with E-state index in [1.54, 1.807) is 10.8 Å². The van der Waals surface area contributed by atoms with Crippen molar-refractivity contribution in [1.29, 1.82) is 0 Å². The van der Waals surface area contributed by atoms with Crippen LogP contribution in [0.2, 0.25) is 0 Å². The third-order valence-electron chi connectivity index (χ3n) is 4.85. The number of hydrogen-bond acceptors (Lipinski definition) is 4. The Morgan fingerprint density at radius 3 is 2.57 bits per heavy atom. The number of aromatic amines is 1. The first-order valence-electron chi connectivity index (χ1n) is 9.32. The van der Waals surface area contributed by atoms with E-state index in [9.17, 15) is 14.4 Å². The molecule has 2 heterocycles. The zero-order valence-corrected chi connectivity index (χ0v) is 15.9. The minimum Gasteiger partial charge on any atom is -0.363 e. The first-order valence-corrected chi connectivity index (χ1v) is 9.32. The molecule has 8 heteroatoms. The topological polar surface area (TPSA) is 123 Å². The van der Waals surface area contributed by atoms with E-state index in [2.05, 4.69) is 15.3 Å². The summed E-state index contributed by atoms with van der Waals surface area (Å²) in [7, 11) is 0. The third-order valence-corrected chi connectivity index (χ3v) is 4.85. The van der Waals surface area contributed by atoms with Gasteiger partial charge in [0.1, 0.15) is 11.7 Å². The Kier molecular flexibility index (Phi) is 5.13. The normalized spacial score (nSPS) is 11.9. The monoisotopic (exact) mass is 401 g/mol. The van der Waals surface area contributed by atoms with Gasteiger partial charge in [-0.1, -0.05) is 48.5 Å². The molecule has 0 radical (unpaired) electrons. The number of imidazole rings is 1.